The second kappa shape index (κ2) is 12.7. The van der Waals surface area contributed by atoms with Gasteiger partial charge in [0.25, 0.3) is 11.8 Å². The summed E-state index contributed by atoms with van der Waals surface area (Å²) >= 11 is 0. The molecule has 3 rings (SSSR count). The van der Waals surface area contributed by atoms with E-state index in [1.54, 1.807) is 41.3 Å². The summed E-state index contributed by atoms with van der Waals surface area (Å²) in [4.78, 5) is 41.2. The first-order chi connectivity index (χ1) is 16.5. The fraction of sp³-hybridized carbons (Fsp3) is 0.423. The number of benzene rings is 2. The third-order valence-corrected chi connectivity index (χ3v) is 5.57. The van der Waals surface area contributed by atoms with Crippen LogP contribution < -0.4 is 10.6 Å². The van der Waals surface area contributed by atoms with Gasteiger partial charge in [0, 0.05) is 48.7 Å². The molecule has 0 atom stereocenters. The van der Waals surface area contributed by atoms with Crippen LogP contribution in [0.4, 0.5) is 11.4 Å². The summed E-state index contributed by atoms with van der Waals surface area (Å²) in [7, 11) is 0. The number of morpholine rings is 1. The van der Waals surface area contributed by atoms with Crippen molar-refractivity contribution in [3.8, 4) is 0 Å². The number of ether oxygens (including phenoxy) is 1. The average molecular weight is 467 g/mol. The molecular weight excluding hydrogens is 432 g/mol. The zero-order valence-electron chi connectivity index (χ0n) is 20.0. The van der Waals surface area contributed by atoms with Crippen molar-refractivity contribution in [2.24, 2.45) is 0 Å². The van der Waals surface area contributed by atoms with Crippen LogP contribution >= 0.6 is 0 Å². The van der Waals surface area contributed by atoms with Crippen LogP contribution in [0.2, 0.25) is 0 Å². The van der Waals surface area contributed by atoms with Crippen LogP contribution in [0.1, 0.15) is 47.4 Å². The van der Waals surface area contributed by atoms with Gasteiger partial charge >= 0.3 is 0 Å². The van der Waals surface area contributed by atoms with Crippen LogP contribution in [-0.4, -0.2) is 73.5 Å². The SMILES string of the molecule is CCCN(CCC)C(=O)c1ccc(NCC(=O)Nc2ccc(C(=O)N3CCOCC3)cc2)cc1. The molecule has 2 aromatic carbocycles. The van der Waals surface area contributed by atoms with E-state index < -0.39 is 0 Å². The average Bonchev–Trinajstić information content (AvgIpc) is 2.88. The summed E-state index contributed by atoms with van der Waals surface area (Å²) in [6, 6.07) is 14.1. The highest BCUT2D eigenvalue weighted by atomic mass is 16.5. The maximum absolute atomic E-state index is 12.7. The molecule has 2 aromatic rings. The van der Waals surface area contributed by atoms with Gasteiger partial charge in [0.15, 0.2) is 0 Å². The maximum atomic E-state index is 12.7. The minimum atomic E-state index is -0.204. The topological polar surface area (TPSA) is 91.0 Å². The summed E-state index contributed by atoms with van der Waals surface area (Å²) in [5.41, 5.74) is 2.61. The second-order valence-electron chi connectivity index (χ2n) is 8.25. The van der Waals surface area contributed by atoms with Crippen LogP contribution in [0.25, 0.3) is 0 Å². The van der Waals surface area contributed by atoms with Gasteiger partial charge in [0.05, 0.1) is 19.8 Å². The first-order valence-electron chi connectivity index (χ1n) is 11.9. The molecule has 1 aliphatic rings. The summed E-state index contributed by atoms with van der Waals surface area (Å²) in [5, 5.41) is 5.90. The number of rotatable bonds is 10. The van der Waals surface area contributed by atoms with E-state index in [9.17, 15) is 14.4 Å². The van der Waals surface area contributed by atoms with Crippen molar-refractivity contribution in [2.45, 2.75) is 26.7 Å². The van der Waals surface area contributed by atoms with Gasteiger partial charge in [-0.15, -0.1) is 0 Å². The van der Waals surface area contributed by atoms with E-state index in [0.29, 0.717) is 43.1 Å². The van der Waals surface area contributed by atoms with E-state index >= 15 is 0 Å². The molecule has 8 heteroatoms. The van der Waals surface area contributed by atoms with Crippen molar-refractivity contribution in [3.63, 3.8) is 0 Å². The van der Waals surface area contributed by atoms with Crippen molar-refractivity contribution in [2.75, 3.05) is 56.6 Å². The monoisotopic (exact) mass is 466 g/mol. The summed E-state index contributed by atoms with van der Waals surface area (Å²) in [5.74, 6) is -0.203. The molecule has 2 N–H and O–H groups in total. The molecule has 0 radical (unpaired) electrons. The van der Waals surface area contributed by atoms with Crippen molar-refractivity contribution in [1.82, 2.24) is 9.80 Å². The summed E-state index contributed by atoms with van der Waals surface area (Å²) in [6.07, 6.45) is 1.85. The van der Waals surface area contributed by atoms with Gasteiger partial charge in [-0.1, -0.05) is 13.8 Å². The number of amides is 3. The van der Waals surface area contributed by atoms with Crippen LogP contribution in [0.5, 0.6) is 0 Å². The fourth-order valence-corrected chi connectivity index (χ4v) is 3.80. The van der Waals surface area contributed by atoms with Gasteiger partial charge in [-0.05, 0) is 61.4 Å². The predicted octanol–water partition coefficient (Wildman–Crippen LogP) is 3.47. The Morgan fingerprint density at radius 1 is 0.853 bits per heavy atom. The number of hydrogen-bond acceptors (Lipinski definition) is 5. The van der Waals surface area contributed by atoms with Gasteiger partial charge in [0.1, 0.15) is 0 Å². The van der Waals surface area contributed by atoms with Crippen molar-refractivity contribution < 1.29 is 19.1 Å². The molecule has 0 aliphatic carbocycles. The molecule has 34 heavy (non-hydrogen) atoms. The van der Waals surface area contributed by atoms with E-state index in [4.69, 9.17) is 4.74 Å². The molecule has 0 saturated carbocycles. The number of anilines is 2. The quantitative estimate of drug-likeness (QED) is 0.560. The number of hydrogen-bond donors (Lipinski definition) is 2. The van der Waals surface area contributed by atoms with E-state index in [1.165, 1.54) is 0 Å². The maximum Gasteiger partial charge on any atom is 0.254 e. The summed E-state index contributed by atoms with van der Waals surface area (Å²) in [6.45, 7) is 8.00. The van der Waals surface area contributed by atoms with E-state index in [-0.39, 0.29) is 24.3 Å². The minimum Gasteiger partial charge on any atom is -0.378 e. The molecule has 1 saturated heterocycles. The van der Waals surface area contributed by atoms with Crippen molar-refractivity contribution >= 4 is 29.1 Å². The van der Waals surface area contributed by atoms with Gasteiger partial charge in [-0.25, -0.2) is 0 Å². The number of carbonyl (C=O) groups excluding carboxylic acids is 3. The van der Waals surface area contributed by atoms with Crippen molar-refractivity contribution in [3.05, 3.63) is 59.7 Å². The van der Waals surface area contributed by atoms with Gasteiger partial charge in [-0.3, -0.25) is 14.4 Å². The van der Waals surface area contributed by atoms with Crippen LogP contribution in [0.15, 0.2) is 48.5 Å². The Labute approximate surface area is 201 Å². The zero-order chi connectivity index (χ0) is 24.3. The molecule has 1 aliphatic heterocycles. The summed E-state index contributed by atoms with van der Waals surface area (Å²) < 4.78 is 5.28. The third-order valence-electron chi connectivity index (χ3n) is 5.57. The minimum absolute atomic E-state index is 0.0303. The highest BCUT2D eigenvalue weighted by molar-refractivity contribution is 5.97. The Bertz CT molecular complexity index is 948. The first-order valence-corrected chi connectivity index (χ1v) is 11.9. The lowest BCUT2D eigenvalue weighted by molar-refractivity contribution is -0.114. The largest absolute Gasteiger partial charge is 0.378 e. The van der Waals surface area contributed by atoms with E-state index in [2.05, 4.69) is 24.5 Å². The number of carbonyl (C=O) groups is 3. The van der Waals surface area contributed by atoms with Crippen LogP contribution in [-0.2, 0) is 9.53 Å². The molecular formula is C26H34N4O4. The van der Waals surface area contributed by atoms with Gasteiger partial charge in [-0.2, -0.15) is 0 Å². The van der Waals surface area contributed by atoms with Crippen LogP contribution in [0.3, 0.4) is 0 Å². The Balaban J connectivity index is 1.48. The molecule has 1 fully saturated rings. The smallest absolute Gasteiger partial charge is 0.254 e. The molecule has 1 heterocycles. The number of nitrogens with one attached hydrogen (secondary N) is 2. The van der Waals surface area contributed by atoms with Crippen LogP contribution in [0, 0.1) is 0 Å². The molecule has 182 valence electrons. The Hall–Kier alpha value is -3.39. The molecule has 0 aromatic heterocycles. The fourth-order valence-electron chi connectivity index (χ4n) is 3.80. The normalized spacial score (nSPS) is 13.3. The van der Waals surface area contributed by atoms with E-state index in [1.807, 2.05) is 17.0 Å². The standard InChI is InChI=1S/C26H34N4O4/c1-3-13-29(14-4-2)25(32)20-5-9-22(10-6-20)27-19-24(31)28-23-11-7-21(8-12-23)26(33)30-15-17-34-18-16-30/h5-12,27H,3-4,13-19H2,1-2H3,(H,28,31). The van der Waals surface area contributed by atoms with Gasteiger partial charge in [0.2, 0.25) is 5.91 Å². The predicted molar refractivity (Wildman–Crippen MR) is 133 cm³/mol. The second-order valence-corrected chi connectivity index (χ2v) is 8.25. The zero-order valence-corrected chi connectivity index (χ0v) is 20.0. The highest BCUT2D eigenvalue weighted by Crippen LogP contribution is 2.14. The third kappa shape index (κ3) is 7.05. The first kappa shape index (κ1) is 25.2. The Morgan fingerprint density at radius 2 is 1.41 bits per heavy atom. The Kier molecular flexibility index (Phi) is 9.46. The lowest BCUT2D eigenvalue weighted by Gasteiger charge is -2.26. The van der Waals surface area contributed by atoms with Crippen molar-refractivity contribution in [1.29, 1.82) is 0 Å². The van der Waals surface area contributed by atoms with Gasteiger partial charge < -0.3 is 25.2 Å². The molecule has 8 nitrogen and oxygen atoms in total. The Morgan fingerprint density at radius 3 is 2.00 bits per heavy atom. The molecule has 0 unspecified atom stereocenters. The molecule has 3 amide bonds. The molecule has 0 bridgehead atoms. The number of nitrogens with zero attached hydrogens (tertiary/aromatic N) is 2. The highest BCUT2D eigenvalue weighted by Gasteiger charge is 2.18. The molecule has 0 spiro atoms. The van der Waals surface area contributed by atoms with E-state index in [0.717, 1.165) is 31.6 Å². The lowest BCUT2D eigenvalue weighted by Crippen LogP contribution is -2.40. The lowest BCUT2D eigenvalue weighted by atomic mass is 10.1.